The van der Waals surface area contributed by atoms with Crippen molar-refractivity contribution < 1.29 is 9.53 Å². The van der Waals surface area contributed by atoms with Crippen LogP contribution < -0.4 is 16.6 Å². The van der Waals surface area contributed by atoms with Gasteiger partial charge in [-0.1, -0.05) is 78.3 Å². The number of nitrogen functional groups attached to an aromatic ring is 1. The topological polar surface area (TPSA) is 112 Å². The maximum absolute atomic E-state index is 13.7. The Morgan fingerprint density at radius 1 is 1.08 bits per heavy atom. The maximum atomic E-state index is 13.7. The monoisotopic (exact) mass is 529 g/mol. The lowest BCUT2D eigenvalue weighted by atomic mass is 9.88. The van der Waals surface area contributed by atoms with Gasteiger partial charge >= 0.3 is 0 Å². The van der Waals surface area contributed by atoms with E-state index >= 15 is 0 Å². The first-order valence-electron chi connectivity index (χ1n) is 12.4. The molecule has 2 unspecified atom stereocenters. The largest absolute Gasteiger partial charge is 0.384 e. The normalized spacial score (nSPS) is 16.6. The van der Waals surface area contributed by atoms with Crippen LogP contribution in [0.2, 0.25) is 5.15 Å². The van der Waals surface area contributed by atoms with Crippen molar-refractivity contribution in [2.75, 3.05) is 12.3 Å². The fraction of sp³-hybridized carbons (Fsp3) is 0.241. The van der Waals surface area contributed by atoms with Crippen molar-refractivity contribution in [1.29, 1.82) is 0 Å². The van der Waals surface area contributed by atoms with E-state index in [2.05, 4.69) is 15.3 Å². The summed E-state index contributed by atoms with van der Waals surface area (Å²) in [6, 6.07) is 22.7. The fourth-order valence-electron chi connectivity index (χ4n) is 4.69. The number of carbonyl (C=O) groups excluding carboxylic acids is 1. The Morgan fingerprint density at radius 2 is 1.79 bits per heavy atom. The standard InChI is InChI=1S/C29H28ClN5O3/c1-18-21(12-13-24(31)33-18)15-32-25(36)16-35-26(19-8-4-2-5-9-19)28(30)34-23(29(35)37)14-22-17-38-27(22)20-10-6-3-7-11-20/h2-13,22,27H,14-17H2,1H3,(H2,31,33)(H,32,36). The maximum Gasteiger partial charge on any atom is 0.273 e. The zero-order valence-corrected chi connectivity index (χ0v) is 21.7. The van der Waals surface area contributed by atoms with E-state index in [-0.39, 0.29) is 41.7 Å². The van der Waals surface area contributed by atoms with Crippen LogP contribution in [0.4, 0.5) is 5.82 Å². The van der Waals surface area contributed by atoms with Crippen LogP contribution in [-0.4, -0.2) is 27.0 Å². The molecule has 0 spiro atoms. The fourth-order valence-corrected chi connectivity index (χ4v) is 5.00. The summed E-state index contributed by atoms with van der Waals surface area (Å²) in [4.78, 5) is 35.5. The number of pyridine rings is 1. The molecule has 1 aliphatic heterocycles. The average molecular weight is 530 g/mol. The summed E-state index contributed by atoms with van der Waals surface area (Å²) in [5.41, 5.74) is 9.45. The van der Waals surface area contributed by atoms with Crippen LogP contribution in [0, 0.1) is 12.8 Å². The molecule has 3 N–H and O–H groups in total. The molecular formula is C29H28ClN5O3. The number of hydrogen-bond acceptors (Lipinski definition) is 6. The first kappa shape index (κ1) is 25.6. The lowest BCUT2D eigenvalue weighted by Gasteiger charge is -2.37. The summed E-state index contributed by atoms with van der Waals surface area (Å²) in [6.07, 6.45) is 0.281. The van der Waals surface area contributed by atoms with Crippen molar-refractivity contribution in [1.82, 2.24) is 19.9 Å². The molecule has 4 aromatic rings. The molecule has 3 heterocycles. The van der Waals surface area contributed by atoms with E-state index in [9.17, 15) is 9.59 Å². The van der Waals surface area contributed by atoms with Gasteiger partial charge in [-0.3, -0.25) is 14.2 Å². The van der Waals surface area contributed by atoms with E-state index in [1.165, 1.54) is 4.57 Å². The van der Waals surface area contributed by atoms with Crippen LogP contribution in [0.1, 0.15) is 28.6 Å². The third-order valence-electron chi connectivity index (χ3n) is 6.73. The smallest absolute Gasteiger partial charge is 0.273 e. The zero-order valence-electron chi connectivity index (χ0n) is 20.9. The number of halogens is 1. The quantitative estimate of drug-likeness (QED) is 0.355. The van der Waals surface area contributed by atoms with Gasteiger partial charge in [-0.05, 0) is 24.1 Å². The van der Waals surface area contributed by atoms with Crippen molar-refractivity contribution >= 4 is 23.3 Å². The number of hydrogen-bond donors (Lipinski definition) is 2. The first-order chi connectivity index (χ1) is 18.4. The van der Waals surface area contributed by atoms with Gasteiger partial charge in [-0.25, -0.2) is 9.97 Å². The average Bonchev–Trinajstić information content (AvgIpc) is 2.89. The third-order valence-corrected chi connectivity index (χ3v) is 7.00. The Bertz CT molecular complexity index is 1510. The van der Waals surface area contributed by atoms with Crippen molar-refractivity contribution in [3.8, 4) is 11.3 Å². The predicted octanol–water partition coefficient (Wildman–Crippen LogP) is 4.10. The Balaban J connectivity index is 1.42. The lowest BCUT2D eigenvalue weighted by molar-refractivity contribution is -0.122. The van der Waals surface area contributed by atoms with E-state index in [0.717, 1.165) is 16.8 Å². The van der Waals surface area contributed by atoms with Crippen LogP contribution in [0.3, 0.4) is 0 Å². The number of nitrogens with zero attached hydrogens (tertiary/aromatic N) is 3. The van der Waals surface area contributed by atoms with Gasteiger partial charge in [-0.15, -0.1) is 0 Å². The highest BCUT2D eigenvalue weighted by atomic mass is 35.5. The van der Waals surface area contributed by atoms with Gasteiger partial charge in [0.25, 0.3) is 5.56 Å². The van der Waals surface area contributed by atoms with Crippen molar-refractivity contribution in [3.05, 3.63) is 111 Å². The molecule has 5 rings (SSSR count). The minimum atomic E-state index is -0.340. The second-order valence-electron chi connectivity index (χ2n) is 9.34. The predicted molar refractivity (Wildman–Crippen MR) is 147 cm³/mol. The van der Waals surface area contributed by atoms with E-state index in [4.69, 9.17) is 22.1 Å². The van der Waals surface area contributed by atoms with E-state index in [1.54, 1.807) is 6.07 Å². The number of rotatable bonds is 8. The molecule has 38 heavy (non-hydrogen) atoms. The minimum Gasteiger partial charge on any atom is -0.384 e. The Morgan fingerprint density at radius 3 is 2.45 bits per heavy atom. The number of nitrogens with two attached hydrogens (primary N) is 1. The number of aryl methyl sites for hydroxylation is 1. The molecule has 0 aliphatic carbocycles. The van der Waals surface area contributed by atoms with E-state index in [0.29, 0.717) is 35.8 Å². The molecule has 1 fully saturated rings. The molecule has 1 saturated heterocycles. The SMILES string of the molecule is Cc1nc(N)ccc1CNC(=O)Cn1c(-c2ccccc2)c(Cl)nc(CC2COC2c2ccccc2)c1=O. The van der Waals surface area contributed by atoms with Gasteiger partial charge < -0.3 is 15.8 Å². The van der Waals surface area contributed by atoms with Crippen LogP contribution in [0.15, 0.2) is 77.6 Å². The van der Waals surface area contributed by atoms with Crippen molar-refractivity contribution in [3.63, 3.8) is 0 Å². The minimum absolute atomic E-state index is 0.0829. The van der Waals surface area contributed by atoms with Gasteiger partial charge in [-0.2, -0.15) is 0 Å². The van der Waals surface area contributed by atoms with Crippen LogP contribution in [-0.2, 0) is 29.0 Å². The summed E-state index contributed by atoms with van der Waals surface area (Å²) in [6.45, 7) is 2.41. The molecular weight excluding hydrogens is 502 g/mol. The molecule has 8 nitrogen and oxygen atoms in total. The summed E-state index contributed by atoms with van der Waals surface area (Å²) < 4.78 is 7.22. The van der Waals surface area contributed by atoms with Crippen LogP contribution >= 0.6 is 11.6 Å². The van der Waals surface area contributed by atoms with Crippen molar-refractivity contribution in [2.24, 2.45) is 5.92 Å². The van der Waals surface area contributed by atoms with E-state index in [1.807, 2.05) is 73.7 Å². The molecule has 194 valence electrons. The van der Waals surface area contributed by atoms with Crippen LogP contribution in [0.25, 0.3) is 11.3 Å². The first-order valence-corrected chi connectivity index (χ1v) is 12.8. The number of aromatic nitrogens is 3. The second kappa shape index (κ2) is 11.2. The molecule has 9 heteroatoms. The second-order valence-corrected chi connectivity index (χ2v) is 9.70. The number of carbonyl (C=O) groups is 1. The highest BCUT2D eigenvalue weighted by Gasteiger charge is 2.35. The number of nitrogens with one attached hydrogen (secondary N) is 1. The van der Waals surface area contributed by atoms with Gasteiger partial charge in [0.05, 0.1) is 18.4 Å². The number of amides is 1. The number of benzene rings is 2. The van der Waals surface area contributed by atoms with E-state index < -0.39 is 0 Å². The third kappa shape index (κ3) is 5.46. The summed E-state index contributed by atoms with van der Waals surface area (Å²) in [5.74, 6) is 0.171. The Labute approximate surface area is 225 Å². The summed E-state index contributed by atoms with van der Waals surface area (Å²) in [7, 11) is 0. The van der Waals surface area contributed by atoms with Gasteiger partial charge in [0.15, 0.2) is 5.15 Å². The molecule has 2 atom stereocenters. The highest BCUT2D eigenvalue weighted by Crippen LogP contribution is 2.37. The molecule has 1 aliphatic rings. The molecule has 2 aromatic heterocycles. The summed E-state index contributed by atoms with van der Waals surface area (Å²) in [5, 5.41) is 3.06. The number of anilines is 1. The Hall–Kier alpha value is -4.01. The molecule has 2 aromatic carbocycles. The van der Waals surface area contributed by atoms with Gasteiger partial charge in [0.1, 0.15) is 18.1 Å². The van der Waals surface area contributed by atoms with Crippen LogP contribution in [0.5, 0.6) is 0 Å². The zero-order chi connectivity index (χ0) is 26.6. The van der Waals surface area contributed by atoms with Gasteiger partial charge in [0.2, 0.25) is 5.91 Å². The molecule has 0 bridgehead atoms. The molecule has 0 radical (unpaired) electrons. The Kier molecular flexibility index (Phi) is 7.53. The molecule has 1 amide bonds. The lowest BCUT2D eigenvalue weighted by Crippen LogP contribution is -2.39. The number of ether oxygens (including phenoxy) is 1. The highest BCUT2D eigenvalue weighted by molar-refractivity contribution is 6.31. The molecule has 0 saturated carbocycles. The van der Waals surface area contributed by atoms with Gasteiger partial charge in [0, 0.05) is 30.1 Å². The summed E-state index contributed by atoms with van der Waals surface area (Å²) >= 11 is 6.68. The van der Waals surface area contributed by atoms with Crippen molar-refractivity contribution in [2.45, 2.75) is 32.5 Å².